The fraction of sp³-hybridized carbons (Fsp3) is 0.462. The van der Waals surface area contributed by atoms with E-state index in [9.17, 15) is 13.2 Å². The molecule has 0 amide bonds. The normalized spacial score (nSPS) is 13.4. The van der Waals surface area contributed by atoms with E-state index in [0.717, 1.165) is 0 Å². The molecule has 0 bridgehead atoms. The lowest BCUT2D eigenvalue weighted by molar-refractivity contribution is -0.142. The van der Waals surface area contributed by atoms with Gasteiger partial charge in [-0.15, -0.1) is 0 Å². The second-order valence-corrected chi connectivity index (χ2v) is 7.09. The van der Waals surface area contributed by atoms with Gasteiger partial charge in [-0.2, -0.15) is 0 Å². The maximum Gasteiger partial charge on any atom is 0.307 e. The summed E-state index contributed by atoms with van der Waals surface area (Å²) in [6, 6.07) is 6.03. The van der Waals surface area contributed by atoms with Crippen LogP contribution < -0.4 is 4.72 Å². The van der Waals surface area contributed by atoms with Crippen LogP contribution in [-0.4, -0.2) is 26.0 Å². The van der Waals surface area contributed by atoms with Crippen molar-refractivity contribution >= 4 is 27.6 Å². The lowest BCUT2D eigenvalue weighted by atomic mass is 9.98. The van der Waals surface area contributed by atoms with Crippen molar-refractivity contribution in [2.45, 2.75) is 25.2 Å². The monoisotopic (exact) mass is 319 g/mol. The highest BCUT2D eigenvalue weighted by Crippen LogP contribution is 2.20. The third-order valence-electron chi connectivity index (χ3n) is 2.75. The van der Waals surface area contributed by atoms with Gasteiger partial charge in [0.05, 0.1) is 10.9 Å². The van der Waals surface area contributed by atoms with E-state index in [4.69, 9.17) is 16.7 Å². The summed E-state index contributed by atoms with van der Waals surface area (Å²) in [4.78, 5) is 11.0. The highest BCUT2D eigenvalue weighted by atomic mass is 35.5. The summed E-state index contributed by atoms with van der Waals surface area (Å²) in [7, 11) is -3.80. The van der Waals surface area contributed by atoms with E-state index in [-0.39, 0.29) is 22.4 Å². The molecule has 0 saturated carbocycles. The van der Waals surface area contributed by atoms with E-state index in [1.807, 2.05) is 13.8 Å². The van der Waals surface area contributed by atoms with Crippen molar-refractivity contribution in [2.75, 3.05) is 6.54 Å². The van der Waals surface area contributed by atoms with Crippen molar-refractivity contribution in [3.05, 3.63) is 29.3 Å². The Morgan fingerprint density at radius 2 is 1.95 bits per heavy atom. The number of carboxylic acid groups (broad SMARTS) is 1. The molecule has 1 atom stereocenters. The van der Waals surface area contributed by atoms with Crippen LogP contribution in [0.3, 0.4) is 0 Å². The van der Waals surface area contributed by atoms with Gasteiger partial charge in [-0.3, -0.25) is 4.79 Å². The van der Waals surface area contributed by atoms with Crippen LogP contribution in [0.5, 0.6) is 0 Å². The smallest absolute Gasteiger partial charge is 0.307 e. The lowest BCUT2D eigenvalue weighted by Gasteiger charge is -2.15. The highest BCUT2D eigenvalue weighted by Gasteiger charge is 2.23. The van der Waals surface area contributed by atoms with Gasteiger partial charge in [-0.05, 0) is 24.5 Å². The van der Waals surface area contributed by atoms with Gasteiger partial charge in [0.1, 0.15) is 4.90 Å². The summed E-state index contributed by atoms with van der Waals surface area (Å²) in [5, 5.41) is 9.19. The predicted octanol–water partition coefficient (Wildman–Crippen LogP) is 2.37. The molecule has 0 heterocycles. The van der Waals surface area contributed by atoms with Crippen LogP contribution in [0.15, 0.2) is 29.2 Å². The standard InChI is InChI=1S/C13H18ClNO4S/c1-9(2)7-10(13(16)17)8-15-20(18,19)12-6-4-3-5-11(12)14/h3-6,9-10,15H,7-8H2,1-2H3,(H,16,17). The first kappa shape index (κ1) is 16.9. The van der Waals surface area contributed by atoms with Crippen LogP contribution in [0.25, 0.3) is 0 Å². The number of halogens is 1. The second kappa shape index (κ2) is 7.06. The van der Waals surface area contributed by atoms with Crippen molar-refractivity contribution in [1.29, 1.82) is 0 Å². The van der Waals surface area contributed by atoms with E-state index in [2.05, 4.69) is 4.72 Å². The first-order valence-electron chi connectivity index (χ1n) is 6.21. The number of rotatable bonds is 7. The molecule has 1 unspecified atom stereocenters. The molecule has 0 aliphatic carbocycles. The number of carbonyl (C=O) groups is 1. The van der Waals surface area contributed by atoms with Crippen molar-refractivity contribution < 1.29 is 18.3 Å². The molecule has 0 radical (unpaired) electrons. The Bertz CT molecular complexity index is 571. The zero-order valence-electron chi connectivity index (χ0n) is 11.3. The average molecular weight is 320 g/mol. The van der Waals surface area contributed by atoms with Crippen LogP contribution in [0, 0.1) is 11.8 Å². The van der Waals surface area contributed by atoms with Crippen LogP contribution >= 0.6 is 11.6 Å². The lowest BCUT2D eigenvalue weighted by Crippen LogP contribution is -2.33. The Morgan fingerprint density at radius 3 is 2.45 bits per heavy atom. The number of benzene rings is 1. The molecule has 112 valence electrons. The third kappa shape index (κ3) is 4.77. The first-order chi connectivity index (χ1) is 9.24. The van der Waals surface area contributed by atoms with Gasteiger partial charge in [-0.25, -0.2) is 13.1 Å². The van der Waals surface area contributed by atoms with Gasteiger partial charge < -0.3 is 5.11 Å². The molecule has 0 aliphatic rings. The Kier molecular flexibility index (Phi) is 5.98. The second-order valence-electron chi connectivity index (χ2n) is 4.95. The molecule has 20 heavy (non-hydrogen) atoms. The zero-order valence-corrected chi connectivity index (χ0v) is 12.9. The number of nitrogens with one attached hydrogen (secondary N) is 1. The van der Waals surface area contributed by atoms with Gasteiger partial charge in [0.2, 0.25) is 10.0 Å². The summed E-state index contributed by atoms with van der Waals surface area (Å²) in [6.45, 7) is 3.62. The van der Waals surface area contributed by atoms with Crippen LogP contribution in [0.1, 0.15) is 20.3 Å². The van der Waals surface area contributed by atoms with Crippen molar-refractivity contribution in [3.8, 4) is 0 Å². The Hall–Kier alpha value is -1.11. The molecule has 2 N–H and O–H groups in total. The predicted molar refractivity (Wildman–Crippen MR) is 77.2 cm³/mol. The molecule has 7 heteroatoms. The maximum atomic E-state index is 12.1. The highest BCUT2D eigenvalue weighted by molar-refractivity contribution is 7.89. The minimum Gasteiger partial charge on any atom is -0.481 e. The van der Waals surface area contributed by atoms with E-state index >= 15 is 0 Å². The van der Waals surface area contributed by atoms with Gasteiger partial charge in [0.25, 0.3) is 0 Å². The number of aliphatic carboxylic acids is 1. The molecule has 0 spiro atoms. The van der Waals surface area contributed by atoms with Crippen molar-refractivity contribution in [2.24, 2.45) is 11.8 Å². The summed E-state index contributed by atoms with van der Waals surface area (Å²) < 4.78 is 26.5. The molecule has 1 rings (SSSR count). The number of hydrogen-bond acceptors (Lipinski definition) is 3. The van der Waals surface area contributed by atoms with Crippen LogP contribution in [-0.2, 0) is 14.8 Å². The van der Waals surface area contributed by atoms with Gasteiger partial charge >= 0.3 is 5.97 Å². The maximum absolute atomic E-state index is 12.1. The molecule has 1 aromatic carbocycles. The SMILES string of the molecule is CC(C)CC(CNS(=O)(=O)c1ccccc1Cl)C(=O)O. The van der Waals surface area contributed by atoms with Gasteiger partial charge in [0.15, 0.2) is 0 Å². The minimum atomic E-state index is -3.80. The van der Waals surface area contributed by atoms with E-state index < -0.39 is 21.9 Å². The fourth-order valence-corrected chi connectivity index (χ4v) is 3.39. The minimum absolute atomic E-state index is 0.0460. The average Bonchev–Trinajstić information content (AvgIpc) is 2.34. The molecular weight excluding hydrogens is 302 g/mol. The van der Waals surface area contributed by atoms with Gasteiger partial charge in [0, 0.05) is 6.54 Å². The molecule has 0 aliphatic heterocycles. The molecule has 5 nitrogen and oxygen atoms in total. The van der Waals surface area contributed by atoms with E-state index in [1.54, 1.807) is 12.1 Å². The fourth-order valence-electron chi connectivity index (χ4n) is 1.79. The quantitative estimate of drug-likeness (QED) is 0.808. The number of sulfonamides is 1. The van der Waals surface area contributed by atoms with Crippen LogP contribution in [0.4, 0.5) is 0 Å². The summed E-state index contributed by atoms with van der Waals surface area (Å²) in [5.41, 5.74) is 0. The number of carboxylic acids is 1. The molecule has 0 saturated heterocycles. The van der Waals surface area contributed by atoms with E-state index in [1.165, 1.54) is 12.1 Å². The van der Waals surface area contributed by atoms with Gasteiger partial charge in [-0.1, -0.05) is 37.6 Å². The Balaban J connectivity index is 2.82. The van der Waals surface area contributed by atoms with E-state index in [0.29, 0.717) is 6.42 Å². The summed E-state index contributed by atoms with van der Waals surface area (Å²) >= 11 is 5.84. The zero-order chi connectivity index (χ0) is 15.3. The molecule has 0 aromatic heterocycles. The van der Waals surface area contributed by atoms with Crippen LogP contribution in [0.2, 0.25) is 5.02 Å². The molecule has 1 aromatic rings. The van der Waals surface area contributed by atoms with Crippen molar-refractivity contribution in [3.63, 3.8) is 0 Å². The molecular formula is C13H18ClNO4S. The van der Waals surface area contributed by atoms with Crippen molar-refractivity contribution in [1.82, 2.24) is 4.72 Å². The summed E-state index contributed by atoms with van der Waals surface area (Å²) in [6.07, 6.45) is 0.403. The number of hydrogen-bond donors (Lipinski definition) is 2. The Labute approximate surface area is 124 Å². The third-order valence-corrected chi connectivity index (χ3v) is 4.67. The largest absolute Gasteiger partial charge is 0.481 e. The topological polar surface area (TPSA) is 83.5 Å². The Morgan fingerprint density at radius 1 is 1.35 bits per heavy atom. The first-order valence-corrected chi connectivity index (χ1v) is 8.07. The summed E-state index contributed by atoms with van der Waals surface area (Å²) in [5.74, 6) is -1.60. The molecule has 0 fully saturated rings.